The highest BCUT2D eigenvalue weighted by Crippen LogP contribution is 2.55. The molecule has 1 saturated heterocycles. The Morgan fingerprint density at radius 3 is 2.18 bits per heavy atom. The second-order valence-electron chi connectivity index (χ2n) is 17.0. The second kappa shape index (κ2) is 16.1. The first kappa shape index (κ1) is 37.7. The van der Waals surface area contributed by atoms with Gasteiger partial charge in [-0.25, -0.2) is 4.79 Å². The molecule has 1 aliphatic heterocycles. The van der Waals surface area contributed by atoms with Crippen molar-refractivity contribution in [2.45, 2.75) is 88.7 Å². The number of aliphatic hydroxyl groups is 2. The molecule has 4 saturated carbocycles. The van der Waals surface area contributed by atoms with Gasteiger partial charge in [-0.3, -0.25) is 0 Å². The molecule has 290 valence electrons. The van der Waals surface area contributed by atoms with Crippen LogP contribution in [0.1, 0.15) is 91.8 Å². The number of hydrogen-bond donors (Lipinski definition) is 5. The Hall–Kier alpha value is -4.25. The quantitative estimate of drug-likeness (QED) is 0.100. The van der Waals surface area contributed by atoms with Gasteiger partial charge in [-0.1, -0.05) is 85.8 Å². The molecule has 2 amide bonds. The van der Waals surface area contributed by atoms with E-state index >= 15 is 0 Å². The van der Waals surface area contributed by atoms with E-state index in [1.165, 1.54) is 19.3 Å². The highest BCUT2D eigenvalue weighted by molar-refractivity contribution is 5.75. The van der Waals surface area contributed by atoms with Gasteiger partial charge in [0, 0.05) is 36.7 Å². The molecule has 5 N–H and O–H groups in total. The SMILES string of the molecule is C[C@@H]1[C@H](CN(C)C[C@@H](O)c2cccc(O)c2)O[C@H](c2ccc(-c3cccc(CNC(=O)NC45CC6CC(CC(C6)C4)C5)c3)cc2)O[C@@H]1c1ccc(CO)cc1. The number of amides is 2. The lowest BCUT2D eigenvalue weighted by molar-refractivity contribution is -0.276. The maximum absolute atomic E-state index is 13.1. The Balaban J connectivity index is 0.933. The summed E-state index contributed by atoms with van der Waals surface area (Å²) in [6, 6.07) is 31.2. The number of nitrogens with one attached hydrogen (secondary N) is 2. The van der Waals surface area contributed by atoms with Gasteiger partial charge >= 0.3 is 6.03 Å². The molecule has 5 atom stereocenters. The molecule has 9 rings (SSSR count). The molecule has 4 aromatic rings. The van der Waals surface area contributed by atoms with E-state index in [0.717, 1.165) is 70.4 Å². The maximum atomic E-state index is 13.1. The number of benzene rings is 4. The topological polar surface area (TPSA) is 124 Å². The molecular weight excluding hydrogens is 691 g/mol. The first-order chi connectivity index (χ1) is 26.6. The Kier molecular flexibility index (Phi) is 11.0. The van der Waals surface area contributed by atoms with Crippen LogP contribution in [0.15, 0.2) is 97.1 Å². The molecule has 1 heterocycles. The lowest BCUT2D eigenvalue weighted by Gasteiger charge is -2.56. The fourth-order valence-corrected chi connectivity index (χ4v) is 10.3. The number of aliphatic hydroxyl groups excluding tert-OH is 2. The van der Waals surface area contributed by atoms with Crippen LogP contribution in [0, 0.1) is 23.7 Å². The molecule has 5 fully saturated rings. The Morgan fingerprint density at radius 1 is 0.836 bits per heavy atom. The van der Waals surface area contributed by atoms with E-state index in [1.54, 1.807) is 18.2 Å². The number of carbonyl (C=O) groups is 1. The van der Waals surface area contributed by atoms with Gasteiger partial charge in [0.15, 0.2) is 6.29 Å². The van der Waals surface area contributed by atoms with Gasteiger partial charge in [-0.05, 0) is 115 Å². The van der Waals surface area contributed by atoms with E-state index in [9.17, 15) is 20.1 Å². The van der Waals surface area contributed by atoms with Crippen LogP contribution in [0.3, 0.4) is 0 Å². The van der Waals surface area contributed by atoms with Crippen LogP contribution in [0.5, 0.6) is 5.75 Å². The molecular formula is C46H55N3O6. The third kappa shape index (κ3) is 8.61. The van der Waals surface area contributed by atoms with Crippen molar-refractivity contribution in [1.29, 1.82) is 0 Å². The van der Waals surface area contributed by atoms with Crippen LogP contribution in [0.4, 0.5) is 4.79 Å². The largest absolute Gasteiger partial charge is 0.508 e. The molecule has 0 unspecified atom stereocenters. The fraction of sp³-hybridized carbons (Fsp3) is 0.457. The summed E-state index contributed by atoms with van der Waals surface area (Å²) in [5.41, 5.74) is 6.58. The number of rotatable bonds is 12. The van der Waals surface area contributed by atoms with Gasteiger partial charge in [-0.15, -0.1) is 0 Å². The number of aromatic hydroxyl groups is 1. The summed E-state index contributed by atoms with van der Waals surface area (Å²) in [4.78, 5) is 15.2. The Labute approximate surface area is 324 Å². The first-order valence-electron chi connectivity index (χ1n) is 20.0. The summed E-state index contributed by atoms with van der Waals surface area (Å²) in [5.74, 6) is 2.46. The second-order valence-corrected chi connectivity index (χ2v) is 17.0. The number of hydrogen-bond acceptors (Lipinski definition) is 7. The third-order valence-electron chi connectivity index (χ3n) is 12.7. The van der Waals surface area contributed by atoms with Crippen LogP contribution < -0.4 is 10.6 Å². The number of carbonyl (C=O) groups excluding carboxylic acids is 1. The molecule has 0 aromatic heterocycles. The van der Waals surface area contributed by atoms with Crippen molar-refractivity contribution in [2.24, 2.45) is 23.7 Å². The predicted octanol–water partition coefficient (Wildman–Crippen LogP) is 7.78. The molecule has 0 radical (unpaired) electrons. The van der Waals surface area contributed by atoms with Crippen molar-refractivity contribution in [2.75, 3.05) is 20.1 Å². The number of phenolic OH excluding ortho intramolecular Hbond substituents is 1. The van der Waals surface area contributed by atoms with Gasteiger partial charge in [-0.2, -0.15) is 0 Å². The summed E-state index contributed by atoms with van der Waals surface area (Å²) in [5, 5.41) is 37.1. The summed E-state index contributed by atoms with van der Waals surface area (Å²) < 4.78 is 13.4. The minimum atomic E-state index is -0.768. The summed E-state index contributed by atoms with van der Waals surface area (Å²) in [6.45, 7) is 3.50. The maximum Gasteiger partial charge on any atom is 0.315 e. The van der Waals surface area contributed by atoms with Crippen LogP contribution >= 0.6 is 0 Å². The van der Waals surface area contributed by atoms with Crippen molar-refractivity contribution in [3.8, 4) is 16.9 Å². The zero-order valence-corrected chi connectivity index (χ0v) is 31.9. The van der Waals surface area contributed by atoms with Crippen LogP contribution in [0.2, 0.25) is 0 Å². The number of ether oxygens (including phenoxy) is 2. The molecule has 4 bridgehead atoms. The van der Waals surface area contributed by atoms with E-state index in [0.29, 0.717) is 25.2 Å². The van der Waals surface area contributed by atoms with E-state index in [1.807, 2.05) is 43.4 Å². The average molecular weight is 746 g/mol. The number of nitrogens with zero attached hydrogens (tertiary/aromatic N) is 1. The van der Waals surface area contributed by atoms with Crippen molar-refractivity contribution in [3.63, 3.8) is 0 Å². The molecule has 4 aliphatic carbocycles. The van der Waals surface area contributed by atoms with Gasteiger partial charge < -0.3 is 40.3 Å². The Morgan fingerprint density at radius 2 is 1.51 bits per heavy atom. The molecule has 0 spiro atoms. The van der Waals surface area contributed by atoms with Crippen molar-refractivity contribution >= 4 is 6.03 Å². The monoisotopic (exact) mass is 745 g/mol. The highest BCUT2D eigenvalue weighted by atomic mass is 16.7. The zero-order chi connectivity index (χ0) is 38.1. The summed E-state index contributed by atoms with van der Waals surface area (Å²) in [7, 11) is 1.96. The number of likely N-dealkylation sites (N-methyl/N-ethyl adjacent to an activating group) is 1. The van der Waals surface area contributed by atoms with Gasteiger partial charge in [0.1, 0.15) is 5.75 Å². The van der Waals surface area contributed by atoms with Gasteiger partial charge in [0.2, 0.25) is 0 Å². The predicted molar refractivity (Wildman–Crippen MR) is 212 cm³/mol. The van der Waals surface area contributed by atoms with E-state index in [2.05, 4.69) is 64.9 Å². The summed E-state index contributed by atoms with van der Waals surface area (Å²) >= 11 is 0. The molecule has 9 heteroatoms. The smallest absolute Gasteiger partial charge is 0.315 e. The Bertz CT molecular complexity index is 1900. The molecule has 4 aromatic carbocycles. The first-order valence-corrected chi connectivity index (χ1v) is 20.0. The normalized spacial score (nSPS) is 28.9. The number of urea groups is 1. The lowest BCUT2D eigenvalue weighted by atomic mass is 9.53. The van der Waals surface area contributed by atoms with E-state index in [-0.39, 0.29) is 42.1 Å². The highest BCUT2D eigenvalue weighted by Gasteiger charge is 2.51. The summed E-state index contributed by atoms with van der Waals surface area (Å²) in [6.07, 6.45) is 5.59. The van der Waals surface area contributed by atoms with Gasteiger partial charge in [0.05, 0.1) is 24.9 Å². The average Bonchev–Trinajstić information content (AvgIpc) is 3.17. The molecule has 9 nitrogen and oxygen atoms in total. The molecule has 5 aliphatic rings. The van der Waals surface area contributed by atoms with Crippen LogP contribution in [-0.4, -0.2) is 58.0 Å². The van der Waals surface area contributed by atoms with Crippen LogP contribution in [0.25, 0.3) is 11.1 Å². The lowest BCUT2D eigenvalue weighted by Crippen LogP contribution is -2.61. The minimum absolute atomic E-state index is 0.0107. The standard InChI is InChI=1S/C46H55N3O6/c1-29-42(27-49(2)26-41(52)39-7-4-8-40(51)21-39)54-44(55-43(29)36-11-9-30(28-50)10-12-36)37-15-13-35(14-16-37)38-6-3-5-31(20-38)25-47-45(53)48-46-22-32-17-33(23-46)19-34(18-32)24-46/h3-16,20-21,29,32-34,41-44,50-52H,17-19,22-28H2,1-2H3,(H2,47,48,53)/t29-,32?,33?,34?,41-,42+,43+,44+,46?/m1/s1. The fourth-order valence-electron chi connectivity index (χ4n) is 10.3. The number of phenols is 1. The molecule has 55 heavy (non-hydrogen) atoms. The third-order valence-corrected chi connectivity index (χ3v) is 12.7. The van der Waals surface area contributed by atoms with E-state index < -0.39 is 12.4 Å². The minimum Gasteiger partial charge on any atom is -0.508 e. The zero-order valence-electron chi connectivity index (χ0n) is 31.9. The van der Waals surface area contributed by atoms with E-state index in [4.69, 9.17) is 9.47 Å². The van der Waals surface area contributed by atoms with Crippen molar-refractivity contribution < 1.29 is 29.6 Å². The van der Waals surface area contributed by atoms with Crippen molar-refractivity contribution in [1.82, 2.24) is 15.5 Å². The van der Waals surface area contributed by atoms with Gasteiger partial charge in [0.25, 0.3) is 0 Å². The van der Waals surface area contributed by atoms with Crippen LogP contribution in [-0.2, 0) is 22.6 Å². The van der Waals surface area contributed by atoms with Crippen molar-refractivity contribution in [3.05, 3.63) is 125 Å².